The van der Waals surface area contributed by atoms with E-state index in [0.717, 1.165) is 5.56 Å². The number of hydrogen-bond acceptors (Lipinski definition) is 3. The van der Waals surface area contributed by atoms with Gasteiger partial charge in [0.25, 0.3) is 0 Å². The van der Waals surface area contributed by atoms with E-state index < -0.39 is 11.5 Å². The summed E-state index contributed by atoms with van der Waals surface area (Å²) in [7, 11) is 1.54. The van der Waals surface area contributed by atoms with Gasteiger partial charge in [-0.3, -0.25) is 4.79 Å². The maximum Gasteiger partial charge on any atom is 0.230 e. The maximum atomic E-state index is 12.2. The molecule has 0 aliphatic rings. The number of nitrogens with one attached hydrogen (secondary N) is 1. The first-order valence-electron chi connectivity index (χ1n) is 6.49. The average Bonchev–Trinajstić information content (AvgIpc) is 2.40. The fourth-order valence-corrected chi connectivity index (χ4v) is 1.83. The molecule has 0 fully saturated rings. The second-order valence-corrected chi connectivity index (χ2v) is 5.14. The molecule has 1 atom stereocenters. The van der Waals surface area contributed by atoms with Crippen molar-refractivity contribution in [1.82, 2.24) is 5.32 Å². The number of rotatable bonds is 7. The van der Waals surface area contributed by atoms with Crippen molar-refractivity contribution in [2.45, 2.75) is 31.8 Å². The zero-order valence-corrected chi connectivity index (χ0v) is 11.8. The summed E-state index contributed by atoms with van der Waals surface area (Å²) in [6.07, 6.45) is -0.0464. The molecular formula is C15H23NO3. The van der Waals surface area contributed by atoms with Gasteiger partial charge in [-0.15, -0.1) is 0 Å². The van der Waals surface area contributed by atoms with Gasteiger partial charge in [0.15, 0.2) is 0 Å². The van der Waals surface area contributed by atoms with Crippen molar-refractivity contribution in [3.63, 3.8) is 0 Å². The van der Waals surface area contributed by atoms with Gasteiger partial charge in [-0.2, -0.15) is 0 Å². The minimum Gasteiger partial charge on any atom is -0.391 e. The lowest BCUT2D eigenvalue weighted by atomic mass is 9.84. The zero-order chi connectivity index (χ0) is 14.3. The molecule has 0 saturated heterocycles. The Bertz CT molecular complexity index is 390. The molecule has 2 N–H and O–H groups in total. The third-order valence-electron chi connectivity index (χ3n) is 3.19. The van der Waals surface area contributed by atoms with E-state index in [9.17, 15) is 9.90 Å². The van der Waals surface area contributed by atoms with Gasteiger partial charge in [0, 0.05) is 13.7 Å². The first kappa shape index (κ1) is 15.7. The summed E-state index contributed by atoms with van der Waals surface area (Å²) in [5.74, 6) is -0.0386. The van der Waals surface area contributed by atoms with Crippen molar-refractivity contribution < 1.29 is 14.6 Å². The molecule has 0 spiro atoms. The van der Waals surface area contributed by atoms with Crippen LogP contribution in [0.2, 0.25) is 0 Å². The Morgan fingerprint density at radius 1 is 1.37 bits per heavy atom. The fraction of sp³-hybridized carbons (Fsp3) is 0.533. The van der Waals surface area contributed by atoms with Crippen LogP contribution in [0.1, 0.15) is 25.8 Å². The van der Waals surface area contributed by atoms with E-state index in [2.05, 4.69) is 5.32 Å². The van der Waals surface area contributed by atoms with E-state index in [1.807, 2.05) is 44.2 Å². The predicted octanol–water partition coefficient (Wildman–Crippen LogP) is 1.48. The van der Waals surface area contributed by atoms with Crippen LogP contribution in [0.3, 0.4) is 0 Å². The number of benzene rings is 1. The number of methoxy groups -OCH3 is 1. The van der Waals surface area contributed by atoms with Crippen LogP contribution >= 0.6 is 0 Å². The van der Waals surface area contributed by atoms with E-state index >= 15 is 0 Å². The monoisotopic (exact) mass is 265 g/mol. The molecule has 1 unspecified atom stereocenters. The summed E-state index contributed by atoms with van der Waals surface area (Å²) in [5.41, 5.74) is 0.401. The van der Waals surface area contributed by atoms with Gasteiger partial charge in [0.1, 0.15) is 0 Å². The number of hydrogen-bond donors (Lipinski definition) is 2. The van der Waals surface area contributed by atoms with Crippen LogP contribution in [0.15, 0.2) is 30.3 Å². The van der Waals surface area contributed by atoms with E-state index in [1.165, 1.54) is 0 Å². The lowest BCUT2D eigenvalue weighted by molar-refractivity contribution is -0.125. The highest BCUT2D eigenvalue weighted by atomic mass is 16.5. The number of aliphatic hydroxyl groups is 1. The normalized spacial score (nSPS) is 13.1. The van der Waals surface area contributed by atoms with Gasteiger partial charge in [-0.05, 0) is 25.8 Å². The van der Waals surface area contributed by atoms with Crippen LogP contribution in [0.4, 0.5) is 0 Å². The molecule has 1 amide bonds. The standard InChI is InChI=1S/C15H23NO3/c1-15(2,12-7-5-4-6-8-12)14(18)16-10-9-13(17)11-19-3/h4-8,13,17H,9-11H2,1-3H3,(H,16,18). The Labute approximate surface area is 114 Å². The zero-order valence-electron chi connectivity index (χ0n) is 11.8. The lowest BCUT2D eigenvalue weighted by Crippen LogP contribution is -2.41. The summed E-state index contributed by atoms with van der Waals surface area (Å²) < 4.78 is 4.84. The Morgan fingerprint density at radius 3 is 2.58 bits per heavy atom. The van der Waals surface area contributed by atoms with Crippen LogP contribution in [0, 0.1) is 0 Å². The molecule has 0 radical (unpaired) electrons. The summed E-state index contributed by atoms with van der Waals surface area (Å²) in [5, 5.41) is 12.4. The largest absolute Gasteiger partial charge is 0.391 e. The van der Waals surface area contributed by atoms with Gasteiger partial charge < -0.3 is 15.2 Å². The first-order chi connectivity index (χ1) is 8.98. The molecule has 19 heavy (non-hydrogen) atoms. The number of aliphatic hydroxyl groups excluding tert-OH is 1. The lowest BCUT2D eigenvalue weighted by Gasteiger charge is -2.24. The van der Waals surface area contributed by atoms with Gasteiger partial charge in [-0.1, -0.05) is 30.3 Å². The van der Waals surface area contributed by atoms with E-state index in [4.69, 9.17) is 4.74 Å². The van der Waals surface area contributed by atoms with Crippen molar-refractivity contribution in [3.8, 4) is 0 Å². The highest BCUT2D eigenvalue weighted by Gasteiger charge is 2.29. The third-order valence-corrected chi connectivity index (χ3v) is 3.19. The van der Waals surface area contributed by atoms with Crippen LogP contribution in [-0.2, 0) is 14.9 Å². The maximum absolute atomic E-state index is 12.2. The van der Waals surface area contributed by atoms with Crippen LogP contribution < -0.4 is 5.32 Å². The molecule has 0 aliphatic carbocycles. The first-order valence-corrected chi connectivity index (χ1v) is 6.49. The Morgan fingerprint density at radius 2 is 2.00 bits per heavy atom. The molecule has 0 aromatic heterocycles. The van der Waals surface area contributed by atoms with Crippen LogP contribution in [-0.4, -0.2) is 37.4 Å². The Hall–Kier alpha value is -1.39. The predicted molar refractivity (Wildman–Crippen MR) is 75.0 cm³/mol. The Kier molecular flexibility index (Phi) is 5.99. The highest BCUT2D eigenvalue weighted by molar-refractivity contribution is 5.87. The summed E-state index contributed by atoms with van der Waals surface area (Å²) >= 11 is 0. The van der Waals surface area contributed by atoms with Crippen molar-refractivity contribution in [2.24, 2.45) is 0 Å². The number of carbonyl (C=O) groups is 1. The van der Waals surface area contributed by atoms with Crippen molar-refractivity contribution >= 4 is 5.91 Å². The quantitative estimate of drug-likeness (QED) is 0.785. The smallest absolute Gasteiger partial charge is 0.230 e. The molecule has 4 heteroatoms. The highest BCUT2D eigenvalue weighted by Crippen LogP contribution is 2.22. The third kappa shape index (κ3) is 4.65. The SMILES string of the molecule is COCC(O)CCNC(=O)C(C)(C)c1ccccc1. The average molecular weight is 265 g/mol. The molecule has 0 heterocycles. The molecule has 1 rings (SSSR count). The minimum absolute atomic E-state index is 0.0386. The van der Waals surface area contributed by atoms with Crippen LogP contribution in [0.5, 0.6) is 0 Å². The van der Waals surface area contributed by atoms with Crippen molar-refractivity contribution in [2.75, 3.05) is 20.3 Å². The summed E-state index contributed by atoms with van der Waals surface area (Å²) in [6, 6.07) is 9.66. The molecule has 0 aliphatic heterocycles. The number of amides is 1. The molecule has 4 nitrogen and oxygen atoms in total. The molecule has 1 aromatic rings. The Balaban J connectivity index is 2.49. The van der Waals surface area contributed by atoms with Crippen LogP contribution in [0.25, 0.3) is 0 Å². The second kappa shape index (κ2) is 7.26. The van der Waals surface area contributed by atoms with Gasteiger partial charge >= 0.3 is 0 Å². The molecule has 0 saturated carbocycles. The van der Waals surface area contributed by atoms with Gasteiger partial charge in [0.05, 0.1) is 18.1 Å². The van der Waals surface area contributed by atoms with E-state index in [-0.39, 0.29) is 12.5 Å². The summed E-state index contributed by atoms with van der Waals surface area (Å²) in [4.78, 5) is 12.2. The number of ether oxygens (including phenoxy) is 1. The fourth-order valence-electron chi connectivity index (χ4n) is 1.83. The molecule has 1 aromatic carbocycles. The van der Waals surface area contributed by atoms with E-state index in [1.54, 1.807) is 7.11 Å². The van der Waals surface area contributed by atoms with Crippen molar-refractivity contribution in [1.29, 1.82) is 0 Å². The molecule has 0 bridgehead atoms. The van der Waals surface area contributed by atoms with E-state index in [0.29, 0.717) is 13.0 Å². The van der Waals surface area contributed by atoms with Gasteiger partial charge in [-0.25, -0.2) is 0 Å². The minimum atomic E-state index is -0.576. The topological polar surface area (TPSA) is 58.6 Å². The van der Waals surface area contributed by atoms with Crippen molar-refractivity contribution in [3.05, 3.63) is 35.9 Å². The number of carbonyl (C=O) groups excluding carboxylic acids is 1. The van der Waals surface area contributed by atoms with Gasteiger partial charge in [0.2, 0.25) is 5.91 Å². The second-order valence-electron chi connectivity index (χ2n) is 5.14. The summed E-state index contributed by atoms with van der Waals surface area (Å²) in [6.45, 7) is 4.52. The molecular weight excluding hydrogens is 242 g/mol. The molecule has 106 valence electrons.